The summed E-state index contributed by atoms with van der Waals surface area (Å²) in [6.07, 6.45) is -2.70. The summed E-state index contributed by atoms with van der Waals surface area (Å²) in [7, 11) is -1.96. The number of piperazine rings is 1. The van der Waals surface area contributed by atoms with Crippen LogP contribution in [0.3, 0.4) is 0 Å². The van der Waals surface area contributed by atoms with E-state index in [0.717, 1.165) is 27.7 Å². The molecule has 1 saturated heterocycles. The average Bonchev–Trinajstić information content (AvgIpc) is 3.28. The molecule has 3 aromatic rings. The lowest BCUT2D eigenvalue weighted by Crippen LogP contribution is -2.59. The lowest BCUT2D eigenvalue weighted by atomic mass is 9.85. The molecular formula is C28H33F3N4O4S. The number of halogens is 3. The Hall–Kier alpha value is -2.93. The van der Waals surface area contributed by atoms with Gasteiger partial charge >= 0.3 is 6.18 Å². The van der Waals surface area contributed by atoms with E-state index in [1.165, 1.54) is 4.90 Å². The Morgan fingerprint density at radius 2 is 1.77 bits per heavy atom. The number of carbonyl (C=O) groups excluding carboxylic acids is 1. The number of sulfonamides is 1. The monoisotopic (exact) mass is 578 g/mol. The predicted molar refractivity (Wildman–Crippen MR) is 145 cm³/mol. The molecule has 40 heavy (non-hydrogen) atoms. The third-order valence-electron chi connectivity index (χ3n) is 8.04. The van der Waals surface area contributed by atoms with Crippen LogP contribution in [0, 0.1) is 5.92 Å². The Kier molecular flexibility index (Phi) is 7.97. The van der Waals surface area contributed by atoms with Crippen LogP contribution in [0.5, 0.6) is 0 Å². The van der Waals surface area contributed by atoms with Crippen molar-refractivity contribution in [3.05, 3.63) is 54.1 Å². The van der Waals surface area contributed by atoms with Gasteiger partial charge < -0.3 is 19.9 Å². The molecule has 1 aliphatic carbocycles. The maximum Gasteiger partial charge on any atom is 0.405 e. The highest BCUT2D eigenvalue weighted by atomic mass is 32.2. The SMILES string of the molecule is Cn1c(-c2ccc(CO)cc2)cc2ccc(S(=O)(=O)N[C@H]3CC[C@H](C(=O)N4CCN[C@H](C(F)(F)F)C4)CC3)cc21. The van der Waals surface area contributed by atoms with Gasteiger partial charge in [0.1, 0.15) is 6.04 Å². The molecule has 8 nitrogen and oxygen atoms in total. The Bertz CT molecular complexity index is 1480. The van der Waals surface area contributed by atoms with Gasteiger partial charge in [-0.25, -0.2) is 13.1 Å². The van der Waals surface area contributed by atoms with Crippen molar-refractivity contribution < 1.29 is 31.5 Å². The van der Waals surface area contributed by atoms with Gasteiger partial charge in [0, 0.05) is 55.2 Å². The summed E-state index contributed by atoms with van der Waals surface area (Å²) in [5.41, 5.74) is 3.42. The normalized spacial score (nSPS) is 22.5. The zero-order chi connectivity index (χ0) is 28.7. The van der Waals surface area contributed by atoms with Gasteiger partial charge in [-0.05, 0) is 55.0 Å². The summed E-state index contributed by atoms with van der Waals surface area (Å²) in [6.45, 7) is -0.115. The molecule has 5 rings (SSSR count). The molecule has 2 fully saturated rings. The molecule has 2 heterocycles. The second-order valence-corrected chi connectivity index (χ2v) is 12.4. The quantitative estimate of drug-likeness (QED) is 0.415. The van der Waals surface area contributed by atoms with Gasteiger partial charge in [0.05, 0.1) is 11.5 Å². The van der Waals surface area contributed by atoms with E-state index in [4.69, 9.17) is 0 Å². The highest BCUT2D eigenvalue weighted by Crippen LogP contribution is 2.31. The van der Waals surface area contributed by atoms with Gasteiger partial charge in [0.2, 0.25) is 15.9 Å². The summed E-state index contributed by atoms with van der Waals surface area (Å²) in [5.74, 6) is -0.689. The number of aliphatic hydroxyl groups is 1. The van der Waals surface area contributed by atoms with Crippen molar-refractivity contribution in [2.45, 2.75) is 55.4 Å². The van der Waals surface area contributed by atoms with E-state index in [9.17, 15) is 31.5 Å². The van der Waals surface area contributed by atoms with E-state index >= 15 is 0 Å². The lowest BCUT2D eigenvalue weighted by Gasteiger charge is -2.38. The Labute approximate surface area is 231 Å². The molecule has 1 aromatic heterocycles. The van der Waals surface area contributed by atoms with Crippen LogP contribution in [0.2, 0.25) is 0 Å². The van der Waals surface area contributed by atoms with Crippen LogP contribution in [-0.4, -0.2) is 66.8 Å². The van der Waals surface area contributed by atoms with Crippen LogP contribution in [-0.2, 0) is 28.5 Å². The number of rotatable bonds is 6. The first-order valence-corrected chi connectivity index (χ1v) is 14.9. The van der Waals surface area contributed by atoms with Crippen LogP contribution >= 0.6 is 0 Å². The molecule has 216 valence electrons. The van der Waals surface area contributed by atoms with Crippen LogP contribution in [0.4, 0.5) is 13.2 Å². The number of alkyl halides is 3. The fraction of sp³-hybridized carbons (Fsp3) is 0.464. The van der Waals surface area contributed by atoms with Crippen LogP contribution < -0.4 is 10.0 Å². The summed E-state index contributed by atoms with van der Waals surface area (Å²) >= 11 is 0. The van der Waals surface area contributed by atoms with Crippen LogP contribution in [0.25, 0.3) is 22.2 Å². The lowest BCUT2D eigenvalue weighted by molar-refractivity contribution is -0.169. The molecule has 1 aliphatic heterocycles. The molecule has 12 heteroatoms. The summed E-state index contributed by atoms with van der Waals surface area (Å²) < 4.78 is 70.5. The number of hydrogen-bond donors (Lipinski definition) is 3. The van der Waals surface area contributed by atoms with Gasteiger partial charge in [-0.1, -0.05) is 30.3 Å². The second-order valence-electron chi connectivity index (χ2n) is 10.7. The molecule has 1 atom stereocenters. The number of nitrogens with zero attached hydrogens (tertiary/aromatic N) is 2. The number of amides is 1. The maximum absolute atomic E-state index is 13.3. The first-order valence-electron chi connectivity index (χ1n) is 13.4. The van der Waals surface area contributed by atoms with Crippen molar-refractivity contribution in [3.63, 3.8) is 0 Å². The zero-order valence-electron chi connectivity index (χ0n) is 22.1. The Morgan fingerprint density at radius 1 is 1.07 bits per heavy atom. The molecule has 2 aliphatic rings. The molecule has 0 radical (unpaired) electrons. The van der Waals surface area contributed by atoms with Gasteiger partial charge in [0.25, 0.3) is 0 Å². The third kappa shape index (κ3) is 5.90. The minimum atomic E-state index is -4.41. The van der Waals surface area contributed by atoms with E-state index < -0.39 is 34.7 Å². The Morgan fingerprint density at radius 3 is 2.42 bits per heavy atom. The second kappa shape index (κ2) is 11.2. The fourth-order valence-corrected chi connectivity index (χ4v) is 7.03. The first kappa shape index (κ1) is 28.6. The molecule has 3 N–H and O–H groups in total. The molecule has 0 spiro atoms. The van der Waals surface area contributed by atoms with E-state index in [1.807, 2.05) is 41.9 Å². The fourth-order valence-electron chi connectivity index (χ4n) is 5.71. The predicted octanol–water partition coefficient (Wildman–Crippen LogP) is 3.54. The average molecular weight is 579 g/mol. The first-order chi connectivity index (χ1) is 19.0. The number of carbonyl (C=O) groups is 1. The number of benzene rings is 2. The van der Waals surface area contributed by atoms with Crippen LogP contribution in [0.15, 0.2) is 53.4 Å². The van der Waals surface area contributed by atoms with Crippen molar-refractivity contribution in [3.8, 4) is 11.3 Å². The van der Waals surface area contributed by atoms with E-state index in [0.29, 0.717) is 25.7 Å². The molecular weight excluding hydrogens is 545 g/mol. The van der Waals surface area contributed by atoms with E-state index in [2.05, 4.69) is 10.0 Å². The van der Waals surface area contributed by atoms with Crippen molar-refractivity contribution in [2.75, 3.05) is 19.6 Å². The van der Waals surface area contributed by atoms with Gasteiger partial charge in [-0.2, -0.15) is 13.2 Å². The number of nitrogens with one attached hydrogen (secondary N) is 2. The van der Waals surface area contributed by atoms with Gasteiger partial charge in [-0.15, -0.1) is 0 Å². The number of aromatic nitrogens is 1. The smallest absolute Gasteiger partial charge is 0.392 e. The van der Waals surface area contributed by atoms with Gasteiger partial charge in [0.15, 0.2) is 0 Å². The van der Waals surface area contributed by atoms with Crippen molar-refractivity contribution in [2.24, 2.45) is 13.0 Å². The standard InChI is InChI=1S/C28H33F3N4O4S/c1-34-24(19-4-2-18(17-36)3-5-19)14-21-8-11-23(15-25(21)34)40(38,39)33-22-9-6-20(7-10-22)27(37)35-13-12-32-26(16-35)28(29,30)31/h2-5,8,11,14-15,20,22,26,32-33,36H,6-7,9-10,12-13,16-17H2,1H3/t20-,22-,26-/m0/s1. The number of hydrogen-bond acceptors (Lipinski definition) is 5. The molecule has 0 bridgehead atoms. The molecule has 2 aromatic carbocycles. The molecule has 1 amide bonds. The summed E-state index contributed by atoms with van der Waals surface area (Å²) in [5, 5.41) is 12.6. The number of aryl methyl sites for hydroxylation is 1. The van der Waals surface area contributed by atoms with Crippen molar-refractivity contribution in [1.29, 1.82) is 0 Å². The van der Waals surface area contributed by atoms with E-state index in [1.54, 1.807) is 18.2 Å². The molecule has 1 saturated carbocycles. The maximum atomic E-state index is 13.3. The minimum Gasteiger partial charge on any atom is -0.392 e. The molecule has 0 unspecified atom stereocenters. The van der Waals surface area contributed by atoms with Crippen molar-refractivity contribution in [1.82, 2.24) is 19.5 Å². The highest BCUT2D eigenvalue weighted by Gasteiger charge is 2.43. The minimum absolute atomic E-state index is 0.0416. The van der Waals surface area contributed by atoms with E-state index in [-0.39, 0.29) is 36.5 Å². The van der Waals surface area contributed by atoms with Crippen molar-refractivity contribution >= 4 is 26.8 Å². The highest BCUT2D eigenvalue weighted by molar-refractivity contribution is 7.89. The number of fused-ring (bicyclic) bond motifs is 1. The summed E-state index contributed by atoms with van der Waals surface area (Å²) in [4.78, 5) is 14.3. The third-order valence-corrected chi connectivity index (χ3v) is 9.56. The zero-order valence-corrected chi connectivity index (χ0v) is 22.9. The van der Waals surface area contributed by atoms with Crippen LogP contribution in [0.1, 0.15) is 31.2 Å². The van der Waals surface area contributed by atoms with Gasteiger partial charge in [-0.3, -0.25) is 4.79 Å². The largest absolute Gasteiger partial charge is 0.405 e. The number of aliphatic hydroxyl groups excluding tert-OH is 1. The summed E-state index contributed by atoms with van der Waals surface area (Å²) in [6, 6.07) is 12.4. The Balaban J connectivity index is 1.23. The topological polar surface area (TPSA) is 104 Å².